The predicted molar refractivity (Wildman–Crippen MR) is 71.3 cm³/mol. The summed E-state index contributed by atoms with van der Waals surface area (Å²) in [5, 5.41) is 12.8. The van der Waals surface area contributed by atoms with Gasteiger partial charge in [0.05, 0.1) is 0 Å². The van der Waals surface area contributed by atoms with Gasteiger partial charge in [0, 0.05) is 6.42 Å². The molecule has 1 N–H and O–H groups in total. The quantitative estimate of drug-likeness (QED) is 0.831. The topological polar surface area (TPSA) is 37.3 Å². The van der Waals surface area contributed by atoms with Gasteiger partial charge in [0.15, 0.2) is 5.78 Å². The van der Waals surface area contributed by atoms with Crippen molar-refractivity contribution in [2.45, 2.75) is 31.3 Å². The monoisotopic (exact) mass is 240 g/mol. The molecule has 1 fully saturated rings. The summed E-state index contributed by atoms with van der Waals surface area (Å²) in [4.78, 5) is 12.0. The molecule has 1 saturated carbocycles. The summed E-state index contributed by atoms with van der Waals surface area (Å²) < 4.78 is 0. The van der Waals surface area contributed by atoms with Crippen LogP contribution in [0.2, 0.25) is 0 Å². The molecule has 0 aromatic heterocycles. The summed E-state index contributed by atoms with van der Waals surface area (Å²) in [7, 11) is 0. The van der Waals surface area contributed by atoms with Gasteiger partial charge >= 0.3 is 0 Å². The lowest BCUT2D eigenvalue weighted by atomic mass is 9.78. The highest BCUT2D eigenvalue weighted by molar-refractivity contribution is 5.91. The third kappa shape index (κ3) is 1.73. The highest BCUT2D eigenvalue weighted by Gasteiger charge is 2.39. The SMILES string of the molecule is O=C1CCCC[C@]1(O)c1ccc2ccccc2c1. The summed E-state index contributed by atoms with van der Waals surface area (Å²) >= 11 is 0. The second kappa shape index (κ2) is 4.21. The number of hydrogen-bond donors (Lipinski definition) is 1. The van der Waals surface area contributed by atoms with Crippen LogP contribution in [-0.2, 0) is 10.4 Å². The van der Waals surface area contributed by atoms with E-state index < -0.39 is 5.60 Å². The van der Waals surface area contributed by atoms with Crippen LogP contribution in [0.15, 0.2) is 42.5 Å². The first-order chi connectivity index (χ1) is 8.70. The third-order valence-corrected chi connectivity index (χ3v) is 3.88. The van der Waals surface area contributed by atoms with Crippen molar-refractivity contribution >= 4 is 16.6 Å². The van der Waals surface area contributed by atoms with E-state index in [4.69, 9.17) is 0 Å². The number of rotatable bonds is 1. The first kappa shape index (κ1) is 11.4. The minimum Gasteiger partial charge on any atom is -0.377 e. The summed E-state index contributed by atoms with van der Waals surface area (Å²) in [6.45, 7) is 0. The molecule has 0 heterocycles. The van der Waals surface area contributed by atoms with Crippen LogP contribution in [0, 0.1) is 0 Å². The largest absolute Gasteiger partial charge is 0.377 e. The lowest BCUT2D eigenvalue weighted by Crippen LogP contribution is -2.38. The van der Waals surface area contributed by atoms with Crippen molar-refractivity contribution in [3.8, 4) is 0 Å². The molecule has 18 heavy (non-hydrogen) atoms. The fraction of sp³-hybridized carbons (Fsp3) is 0.312. The number of ketones is 1. The lowest BCUT2D eigenvalue weighted by molar-refractivity contribution is -0.142. The van der Waals surface area contributed by atoms with Gasteiger partial charge in [-0.05, 0) is 41.7 Å². The van der Waals surface area contributed by atoms with Gasteiger partial charge < -0.3 is 5.11 Å². The van der Waals surface area contributed by atoms with Crippen molar-refractivity contribution in [2.75, 3.05) is 0 Å². The Hall–Kier alpha value is -1.67. The predicted octanol–water partition coefficient (Wildman–Crippen LogP) is 3.17. The van der Waals surface area contributed by atoms with Crippen molar-refractivity contribution < 1.29 is 9.90 Å². The van der Waals surface area contributed by atoms with Crippen molar-refractivity contribution in [1.29, 1.82) is 0 Å². The summed E-state index contributed by atoms with van der Waals surface area (Å²) in [6.07, 6.45) is 2.84. The Balaban J connectivity index is 2.10. The average molecular weight is 240 g/mol. The zero-order chi connectivity index (χ0) is 12.6. The molecule has 0 aliphatic heterocycles. The van der Waals surface area contributed by atoms with Crippen molar-refractivity contribution in [3.05, 3.63) is 48.0 Å². The fourth-order valence-electron chi connectivity index (χ4n) is 2.76. The summed E-state index contributed by atoms with van der Waals surface area (Å²) in [6, 6.07) is 13.8. The van der Waals surface area contributed by atoms with Crippen LogP contribution in [0.4, 0.5) is 0 Å². The number of fused-ring (bicyclic) bond motifs is 1. The molecule has 0 amide bonds. The van der Waals surface area contributed by atoms with Crippen LogP contribution in [0.1, 0.15) is 31.2 Å². The van der Waals surface area contributed by atoms with E-state index in [1.165, 1.54) is 0 Å². The van der Waals surface area contributed by atoms with Crippen LogP contribution in [0.3, 0.4) is 0 Å². The Kier molecular flexibility index (Phi) is 2.67. The van der Waals surface area contributed by atoms with Gasteiger partial charge in [0.25, 0.3) is 0 Å². The van der Waals surface area contributed by atoms with E-state index in [-0.39, 0.29) is 5.78 Å². The number of carbonyl (C=O) groups is 1. The van der Waals surface area contributed by atoms with Gasteiger partial charge in [-0.15, -0.1) is 0 Å². The highest BCUT2D eigenvalue weighted by atomic mass is 16.3. The molecule has 2 nitrogen and oxygen atoms in total. The number of Topliss-reactive ketones (excluding diaryl/α,β-unsaturated/α-hetero) is 1. The molecule has 0 unspecified atom stereocenters. The molecule has 1 aliphatic rings. The zero-order valence-corrected chi connectivity index (χ0v) is 10.2. The Morgan fingerprint density at radius 3 is 2.56 bits per heavy atom. The molecule has 2 aromatic rings. The number of carbonyl (C=O) groups excluding carboxylic acids is 1. The van der Waals surface area contributed by atoms with Crippen LogP contribution in [-0.4, -0.2) is 10.9 Å². The minimum atomic E-state index is -1.26. The molecule has 0 saturated heterocycles. The number of benzene rings is 2. The van der Waals surface area contributed by atoms with Gasteiger partial charge in [-0.3, -0.25) is 4.79 Å². The Labute approximate surface area is 106 Å². The molecule has 1 aliphatic carbocycles. The second-order valence-electron chi connectivity index (χ2n) is 5.05. The fourth-order valence-corrected chi connectivity index (χ4v) is 2.76. The standard InChI is InChI=1S/C16H16O2/c17-15-7-3-4-10-16(15,18)14-9-8-12-5-1-2-6-13(12)11-14/h1-2,5-6,8-9,11,18H,3-4,7,10H2/t16-/m0/s1. The molecule has 0 radical (unpaired) electrons. The van der Waals surface area contributed by atoms with E-state index in [0.29, 0.717) is 12.8 Å². The van der Waals surface area contributed by atoms with Crippen molar-refractivity contribution in [3.63, 3.8) is 0 Å². The maximum Gasteiger partial charge on any atom is 0.168 e. The van der Waals surface area contributed by atoms with Gasteiger partial charge in [0.1, 0.15) is 5.60 Å². The van der Waals surface area contributed by atoms with E-state index in [0.717, 1.165) is 29.2 Å². The molecular formula is C16H16O2. The van der Waals surface area contributed by atoms with Crippen molar-refractivity contribution in [2.24, 2.45) is 0 Å². The van der Waals surface area contributed by atoms with Gasteiger partial charge in [-0.25, -0.2) is 0 Å². The van der Waals surface area contributed by atoms with Crippen LogP contribution in [0.5, 0.6) is 0 Å². The normalized spacial score (nSPS) is 24.4. The lowest BCUT2D eigenvalue weighted by Gasteiger charge is -2.31. The van der Waals surface area contributed by atoms with Crippen LogP contribution < -0.4 is 0 Å². The smallest absolute Gasteiger partial charge is 0.168 e. The van der Waals surface area contributed by atoms with Gasteiger partial charge in [-0.1, -0.05) is 36.4 Å². The first-order valence-corrected chi connectivity index (χ1v) is 6.45. The molecule has 0 spiro atoms. The van der Waals surface area contributed by atoms with Gasteiger partial charge in [-0.2, -0.15) is 0 Å². The second-order valence-corrected chi connectivity index (χ2v) is 5.05. The Morgan fingerprint density at radius 1 is 1.00 bits per heavy atom. The highest BCUT2D eigenvalue weighted by Crippen LogP contribution is 2.35. The molecule has 2 heteroatoms. The maximum absolute atomic E-state index is 12.0. The summed E-state index contributed by atoms with van der Waals surface area (Å²) in [5.74, 6) is -0.0379. The third-order valence-electron chi connectivity index (χ3n) is 3.88. The molecule has 0 bridgehead atoms. The van der Waals surface area contributed by atoms with Crippen LogP contribution >= 0.6 is 0 Å². The van der Waals surface area contributed by atoms with Gasteiger partial charge in [0.2, 0.25) is 0 Å². The molecule has 2 aromatic carbocycles. The Morgan fingerprint density at radius 2 is 1.78 bits per heavy atom. The minimum absolute atomic E-state index is 0.0379. The molecule has 92 valence electrons. The maximum atomic E-state index is 12.0. The van der Waals surface area contributed by atoms with E-state index >= 15 is 0 Å². The summed E-state index contributed by atoms with van der Waals surface area (Å²) in [5.41, 5.74) is -0.520. The van der Waals surface area contributed by atoms with E-state index in [1.54, 1.807) is 0 Å². The van der Waals surface area contributed by atoms with Crippen LogP contribution in [0.25, 0.3) is 10.8 Å². The van der Waals surface area contributed by atoms with Crippen molar-refractivity contribution in [1.82, 2.24) is 0 Å². The first-order valence-electron chi connectivity index (χ1n) is 6.45. The zero-order valence-electron chi connectivity index (χ0n) is 10.2. The Bertz CT molecular complexity index is 603. The van der Waals surface area contributed by atoms with E-state index in [2.05, 4.69) is 0 Å². The van der Waals surface area contributed by atoms with E-state index in [1.807, 2.05) is 42.5 Å². The molecular weight excluding hydrogens is 224 g/mol. The number of hydrogen-bond acceptors (Lipinski definition) is 2. The number of aliphatic hydroxyl groups is 1. The average Bonchev–Trinajstić information content (AvgIpc) is 2.42. The molecule has 3 rings (SSSR count). The van der Waals surface area contributed by atoms with E-state index in [9.17, 15) is 9.90 Å². The molecule has 1 atom stereocenters.